The second-order valence-corrected chi connectivity index (χ2v) is 6.88. The van der Waals surface area contributed by atoms with E-state index in [9.17, 15) is 8.78 Å². The smallest absolute Gasteiger partial charge is 0.139 e. The molecule has 0 amide bonds. The summed E-state index contributed by atoms with van der Waals surface area (Å²) in [6, 6.07) is 3.79. The van der Waals surface area contributed by atoms with Gasteiger partial charge in [0.15, 0.2) is 0 Å². The first kappa shape index (κ1) is 15.4. The minimum Gasteiger partial charge on any atom is -0.296 e. The van der Waals surface area contributed by atoms with Gasteiger partial charge >= 0.3 is 0 Å². The molecule has 2 heterocycles. The van der Waals surface area contributed by atoms with Crippen molar-refractivity contribution in [3.05, 3.63) is 41.7 Å². The van der Waals surface area contributed by atoms with Crippen molar-refractivity contribution in [1.29, 1.82) is 0 Å². The highest BCUT2D eigenvalue weighted by atomic mass is 32.2. The van der Waals surface area contributed by atoms with Gasteiger partial charge in [0.1, 0.15) is 11.6 Å². The molecule has 0 saturated carbocycles. The average molecular weight is 324 g/mol. The molecular weight excluding hydrogens is 306 g/mol. The van der Waals surface area contributed by atoms with E-state index in [1.54, 1.807) is 10.9 Å². The fourth-order valence-corrected chi connectivity index (χ4v) is 3.93. The number of benzene rings is 1. The van der Waals surface area contributed by atoms with E-state index in [4.69, 9.17) is 0 Å². The van der Waals surface area contributed by atoms with Crippen molar-refractivity contribution in [2.75, 3.05) is 13.1 Å². The van der Waals surface area contributed by atoms with Gasteiger partial charge in [0, 0.05) is 36.3 Å². The van der Waals surface area contributed by atoms with Gasteiger partial charge in [0.05, 0.1) is 11.9 Å². The molecule has 1 aromatic heterocycles. The molecule has 1 aromatic carbocycles. The Hall–Kier alpha value is -1.47. The topological polar surface area (TPSA) is 34.0 Å². The van der Waals surface area contributed by atoms with E-state index >= 15 is 0 Å². The zero-order valence-corrected chi connectivity index (χ0v) is 13.2. The Labute approximate surface area is 132 Å². The van der Waals surface area contributed by atoms with Crippen LogP contribution in [-0.2, 0) is 13.6 Å². The Kier molecular flexibility index (Phi) is 4.73. The highest BCUT2D eigenvalue weighted by Crippen LogP contribution is 2.31. The molecule has 7 heteroatoms. The van der Waals surface area contributed by atoms with Crippen LogP contribution in [0.2, 0.25) is 0 Å². The monoisotopic (exact) mass is 324 g/mol. The van der Waals surface area contributed by atoms with Crippen LogP contribution in [0, 0.1) is 11.6 Å². The van der Waals surface area contributed by atoms with Crippen molar-refractivity contribution in [1.82, 2.24) is 19.9 Å². The molecule has 1 saturated heterocycles. The molecule has 4 nitrogen and oxygen atoms in total. The van der Waals surface area contributed by atoms with Crippen molar-refractivity contribution in [3.63, 3.8) is 0 Å². The van der Waals surface area contributed by atoms with E-state index in [0.29, 0.717) is 10.1 Å². The van der Waals surface area contributed by atoms with Crippen LogP contribution in [0.15, 0.2) is 29.3 Å². The summed E-state index contributed by atoms with van der Waals surface area (Å²) in [4.78, 5) is 2.86. The van der Waals surface area contributed by atoms with E-state index in [2.05, 4.69) is 15.2 Å². The summed E-state index contributed by atoms with van der Waals surface area (Å²) in [5.74, 6) is -1.01. The van der Waals surface area contributed by atoms with Gasteiger partial charge in [0.2, 0.25) is 0 Å². The molecule has 2 aromatic rings. The van der Waals surface area contributed by atoms with Crippen LogP contribution in [-0.4, -0.2) is 38.2 Å². The molecule has 118 valence electrons. The van der Waals surface area contributed by atoms with E-state index in [1.807, 2.05) is 7.05 Å². The second-order valence-electron chi connectivity index (χ2n) is 5.54. The number of rotatable bonds is 4. The van der Waals surface area contributed by atoms with Gasteiger partial charge in [-0.1, -0.05) is 5.21 Å². The minimum absolute atomic E-state index is 0.315. The molecule has 0 aliphatic carbocycles. The number of aromatic nitrogens is 3. The predicted octanol–water partition coefficient (Wildman–Crippen LogP) is 2.85. The Morgan fingerprint density at radius 3 is 2.95 bits per heavy atom. The van der Waals surface area contributed by atoms with E-state index in [-0.39, 0.29) is 0 Å². The first-order valence-corrected chi connectivity index (χ1v) is 8.17. The molecule has 22 heavy (non-hydrogen) atoms. The lowest BCUT2D eigenvalue weighted by Crippen LogP contribution is -2.36. The lowest BCUT2D eigenvalue weighted by atomic mass is 10.1. The fourth-order valence-electron chi connectivity index (χ4n) is 2.69. The standard InChI is InChI=1S/C15H18F2N4S/c1-20-12(8-18-19-20)9-21-6-2-3-13(10-21)22-15-5-4-11(16)7-14(15)17/h4-5,7-8,13H,2-3,6,9-10H2,1H3/t13-/m1/s1. The molecule has 3 rings (SSSR count). The zero-order valence-electron chi connectivity index (χ0n) is 12.4. The number of likely N-dealkylation sites (tertiary alicyclic amines) is 1. The van der Waals surface area contributed by atoms with Crippen LogP contribution in [0.4, 0.5) is 8.78 Å². The van der Waals surface area contributed by atoms with Crippen LogP contribution >= 0.6 is 11.8 Å². The molecule has 0 radical (unpaired) electrons. The van der Waals surface area contributed by atoms with Crippen LogP contribution in [0.5, 0.6) is 0 Å². The van der Waals surface area contributed by atoms with Gasteiger partial charge < -0.3 is 0 Å². The van der Waals surface area contributed by atoms with Crippen LogP contribution in [0.1, 0.15) is 18.5 Å². The Balaban J connectivity index is 1.62. The maximum absolute atomic E-state index is 13.8. The van der Waals surface area contributed by atoms with Crippen LogP contribution in [0.3, 0.4) is 0 Å². The van der Waals surface area contributed by atoms with Crippen LogP contribution < -0.4 is 0 Å². The lowest BCUT2D eigenvalue weighted by molar-refractivity contribution is 0.220. The van der Waals surface area contributed by atoms with Gasteiger partial charge in [-0.15, -0.1) is 16.9 Å². The number of halogens is 2. The molecule has 1 atom stereocenters. The van der Waals surface area contributed by atoms with Gasteiger partial charge in [0.25, 0.3) is 0 Å². The third-order valence-electron chi connectivity index (χ3n) is 3.84. The summed E-state index contributed by atoms with van der Waals surface area (Å²) in [5.41, 5.74) is 1.07. The SMILES string of the molecule is Cn1nncc1CN1CCC[C@@H](Sc2ccc(F)cc2F)C1. The number of nitrogens with zero attached hydrogens (tertiary/aromatic N) is 4. The molecule has 0 spiro atoms. The van der Waals surface area contributed by atoms with Gasteiger partial charge in [-0.25, -0.2) is 8.78 Å². The van der Waals surface area contributed by atoms with Gasteiger partial charge in [-0.2, -0.15) is 0 Å². The molecule has 1 aliphatic rings. The minimum atomic E-state index is -0.532. The second kappa shape index (κ2) is 6.75. The highest BCUT2D eigenvalue weighted by molar-refractivity contribution is 8.00. The maximum Gasteiger partial charge on any atom is 0.139 e. The number of aryl methyl sites for hydroxylation is 1. The summed E-state index contributed by atoms with van der Waals surface area (Å²) in [5, 5.41) is 8.14. The van der Waals surface area contributed by atoms with Crippen LogP contribution in [0.25, 0.3) is 0 Å². The average Bonchev–Trinajstić information content (AvgIpc) is 2.88. The quantitative estimate of drug-likeness (QED) is 0.866. The van der Waals surface area contributed by atoms with E-state index in [0.717, 1.165) is 44.2 Å². The summed E-state index contributed by atoms with van der Waals surface area (Å²) in [7, 11) is 1.88. The Morgan fingerprint density at radius 1 is 1.36 bits per heavy atom. The highest BCUT2D eigenvalue weighted by Gasteiger charge is 2.22. The van der Waals surface area contributed by atoms with Gasteiger partial charge in [-0.3, -0.25) is 9.58 Å². The zero-order chi connectivity index (χ0) is 15.5. The number of thioether (sulfide) groups is 1. The molecule has 0 N–H and O–H groups in total. The van der Waals surface area contributed by atoms with Crippen molar-refractivity contribution in [2.24, 2.45) is 7.05 Å². The molecule has 1 aliphatic heterocycles. The first-order valence-electron chi connectivity index (χ1n) is 7.29. The van der Waals surface area contributed by atoms with Crippen molar-refractivity contribution in [2.45, 2.75) is 29.5 Å². The molecular formula is C15H18F2N4S. The molecule has 0 unspecified atom stereocenters. The summed E-state index contributed by atoms with van der Waals surface area (Å²) < 4.78 is 28.5. The molecule has 1 fully saturated rings. The number of hydrogen-bond acceptors (Lipinski definition) is 4. The lowest BCUT2D eigenvalue weighted by Gasteiger charge is -2.32. The summed E-state index contributed by atoms with van der Waals surface area (Å²) >= 11 is 1.50. The Bertz CT molecular complexity index is 646. The third kappa shape index (κ3) is 3.64. The summed E-state index contributed by atoms with van der Waals surface area (Å²) in [6.07, 6.45) is 3.89. The normalized spacial score (nSPS) is 19.5. The Morgan fingerprint density at radius 2 is 2.23 bits per heavy atom. The van der Waals surface area contributed by atoms with E-state index < -0.39 is 11.6 Å². The number of piperidine rings is 1. The van der Waals surface area contributed by atoms with Gasteiger partial charge in [-0.05, 0) is 31.5 Å². The maximum atomic E-state index is 13.8. The van der Waals surface area contributed by atoms with Crippen molar-refractivity contribution >= 4 is 11.8 Å². The third-order valence-corrected chi connectivity index (χ3v) is 5.15. The largest absolute Gasteiger partial charge is 0.296 e. The number of hydrogen-bond donors (Lipinski definition) is 0. The van der Waals surface area contributed by atoms with E-state index in [1.165, 1.54) is 23.9 Å². The predicted molar refractivity (Wildman–Crippen MR) is 81.5 cm³/mol. The van der Waals surface area contributed by atoms with Crippen molar-refractivity contribution in [3.8, 4) is 0 Å². The summed E-state index contributed by atoms with van der Waals surface area (Å²) in [6.45, 7) is 2.70. The molecule has 0 bridgehead atoms. The van der Waals surface area contributed by atoms with Crippen molar-refractivity contribution < 1.29 is 8.78 Å². The fraction of sp³-hybridized carbons (Fsp3) is 0.467. The first-order chi connectivity index (χ1) is 10.6.